The number of benzene rings is 1. The summed E-state index contributed by atoms with van der Waals surface area (Å²) in [5, 5.41) is 14.9. The third-order valence-corrected chi connectivity index (χ3v) is 6.30. The molecule has 0 aromatic heterocycles. The van der Waals surface area contributed by atoms with E-state index in [1.165, 1.54) is 11.9 Å². The van der Waals surface area contributed by atoms with Gasteiger partial charge in [0.1, 0.15) is 17.4 Å². The van der Waals surface area contributed by atoms with Crippen LogP contribution in [0.25, 0.3) is 0 Å². The molecule has 1 aromatic rings. The lowest BCUT2D eigenvalue weighted by Crippen LogP contribution is -2.53. The summed E-state index contributed by atoms with van der Waals surface area (Å²) in [5.74, 6) is -1.65. The maximum absolute atomic E-state index is 13.3. The van der Waals surface area contributed by atoms with Crippen molar-refractivity contribution in [3.8, 4) is 5.75 Å². The van der Waals surface area contributed by atoms with Gasteiger partial charge in [0.05, 0.1) is 31.7 Å². The molecule has 3 saturated heterocycles. The number of β-amino-alcohol motifs (C(OH)–C–C–N with tert-alkyl or cyclic N) is 1. The number of hydrogen-bond donors (Lipinski definition) is 3. The number of methoxy groups -OCH3 is 1. The Hall–Kier alpha value is -2.65. The number of ether oxygens (including phenoxy) is 2. The quantitative estimate of drug-likeness (QED) is 0.603. The van der Waals surface area contributed by atoms with Crippen LogP contribution in [-0.4, -0.2) is 72.8 Å². The van der Waals surface area contributed by atoms with Crippen LogP contribution in [0.5, 0.6) is 5.75 Å². The largest absolute Gasteiger partial charge is 0.497 e. The Kier molecular flexibility index (Phi) is 4.95. The number of carbonyl (C=O) groups is 3. The van der Waals surface area contributed by atoms with Gasteiger partial charge in [-0.1, -0.05) is 0 Å². The predicted octanol–water partition coefficient (Wildman–Crippen LogP) is -0.253. The molecule has 3 heterocycles. The number of hydrogen-bond acceptors (Lipinski definition) is 6. The van der Waals surface area contributed by atoms with E-state index in [1.807, 2.05) is 0 Å². The lowest BCUT2D eigenvalue weighted by molar-refractivity contribution is -0.141. The van der Waals surface area contributed by atoms with Crippen LogP contribution in [-0.2, 0) is 19.1 Å². The number of aliphatic hydroxyl groups is 1. The first-order chi connectivity index (χ1) is 14.0. The number of rotatable bonds is 6. The molecule has 0 aliphatic carbocycles. The molecule has 0 saturated carbocycles. The van der Waals surface area contributed by atoms with Crippen LogP contribution in [0.2, 0.25) is 0 Å². The van der Waals surface area contributed by atoms with Crippen molar-refractivity contribution in [2.24, 2.45) is 11.8 Å². The first kappa shape index (κ1) is 19.7. The van der Waals surface area contributed by atoms with Crippen molar-refractivity contribution in [2.45, 2.75) is 30.6 Å². The minimum atomic E-state index is -1.05. The average molecular weight is 403 g/mol. The third kappa shape index (κ3) is 2.87. The number of anilines is 1. The van der Waals surface area contributed by atoms with Crippen molar-refractivity contribution < 1.29 is 29.0 Å². The zero-order valence-electron chi connectivity index (χ0n) is 16.4. The monoisotopic (exact) mass is 403 g/mol. The van der Waals surface area contributed by atoms with Crippen LogP contribution in [0.4, 0.5) is 5.69 Å². The van der Waals surface area contributed by atoms with Crippen LogP contribution in [0, 0.1) is 11.8 Å². The molecule has 2 unspecified atom stereocenters. The fraction of sp³-hybridized carbons (Fsp3) is 0.550. The Morgan fingerprint density at radius 3 is 2.66 bits per heavy atom. The summed E-state index contributed by atoms with van der Waals surface area (Å²) in [4.78, 5) is 40.3. The van der Waals surface area contributed by atoms with Crippen molar-refractivity contribution in [3.05, 3.63) is 24.3 Å². The Balaban J connectivity index is 1.66. The van der Waals surface area contributed by atoms with E-state index in [0.717, 1.165) is 0 Å². The van der Waals surface area contributed by atoms with Gasteiger partial charge in [0.25, 0.3) is 0 Å². The van der Waals surface area contributed by atoms with Crippen LogP contribution in [0.3, 0.4) is 0 Å². The SMILES string of the molecule is CNC(=O)[C@@H]1[C@@H]2CCC3(O2)C(C(=O)Nc2ccc(OC)cc2)N(CCO)C(=O)[C@H]13. The van der Waals surface area contributed by atoms with E-state index in [-0.39, 0.29) is 31.1 Å². The second-order valence-electron chi connectivity index (χ2n) is 7.64. The van der Waals surface area contributed by atoms with Crippen molar-refractivity contribution >= 4 is 23.4 Å². The van der Waals surface area contributed by atoms with Crippen molar-refractivity contribution in [1.29, 1.82) is 0 Å². The van der Waals surface area contributed by atoms with Crippen molar-refractivity contribution in [1.82, 2.24) is 10.2 Å². The third-order valence-electron chi connectivity index (χ3n) is 6.30. The Morgan fingerprint density at radius 1 is 1.31 bits per heavy atom. The molecule has 4 rings (SSSR count). The lowest BCUT2D eigenvalue weighted by Gasteiger charge is -2.33. The highest BCUT2D eigenvalue weighted by Crippen LogP contribution is 2.58. The fourth-order valence-corrected chi connectivity index (χ4v) is 5.15. The summed E-state index contributed by atoms with van der Waals surface area (Å²) in [7, 11) is 3.08. The summed E-state index contributed by atoms with van der Waals surface area (Å²) in [6.07, 6.45) is 0.752. The normalized spacial score (nSPS) is 32.2. The highest BCUT2D eigenvalue weighted by molar-refractivity contribution is 6.03. The Morgan fingerprint density at radius 2 is 2.03 bits per heavy atom. The second-order valence-corrected chi connectivity index (χ2v) is 7.64. The number of nitrogens with zero attached hydrogens (tertiary/aromatic N) is 1. The standard InChI is InChI=1S/C20H25N3O6/c1-21-17(25)14-13-7-8-20(29-13)15(14)19(27)23(9-10-24)16(20)18(26)22-11-3-5-12(28-2)6-4-11/h3-6,13-16,24H,7-10H2,1-2H3,(H,21,25)(H,22,26)/t13-,14+,15-,16?,20?/m0/s1. The molecule has 9 heteroatoms. The molecule has 5 atom stereocenters. The van der Waals surface area contributed by atoms with Crippen LogP contribution >= 0.6 is 0 Å². The van der Waals surface area contributed by atoms with E-state index in [1.54, 1.807) is 31.4 Å². The summed E-state index contributed by atoms with van der Waals surface area (Å²) in [6.45, 7) is -0.277. The molecular weight excluding hydrogens is 378 g/mol. The van der Waals surface area contributed by atoms with Crippen LogP contribution < -0.4 is 15.4 Å². The van der Waals surface area contributed by atoms with Gasteiger partial charge >= 0.3 is 0 Å². The molecule has 3 amide bonds. The van der Waals surface area contributed by atoms with Gasteiger partial charge in [-0.3, -0.25) is 14.4 Å². The van der Waals surface area contributed by atoms with E-state index in [4.69, 9.17) is 9.47 Å². The van der Waals surface area contributed by atoms with Gasteiger partial charge in [0.15, 0.2) is 0 Å². The number of aliphatic hydroxyl groups excluding tert-OH is 1. The zero-order valence-corrected chi connectivity index (χ0v) is 16.4. The van der Waals surface area contributed by atoms with E-state index >= 15 is 0 Å². The maximum atomic E-state index is 13.3. The van der Waals surface area contributed by atoms with Gasteiger partial charge in [-0.25, -0.2) is 0 Å². The number of fused-ring (bicyclic) bond motifs is 1. The number of nitrogens with one attached hydrogen (secondary N) is 2. The summed E-state index contributed by atoms with van der Waals surface area (Å²) in [5.41, 5.74) is -0.493. The maximum Gasteiger partial charge on any atom is 0.250 e. The zero-order chi connectivity index (χ0) is 20.8. The molecule has 1 spiro atoms. The topological polar surface area (TPSA) is 117 Å². The fourth-order valence-electron chi connectivity index (χ4n) is 5.15. The Labute approximate surface area is 168 Å². The lowest BCUT2D eigenvalue weighted by atomic mass is 9.70. The highest BCUT2D eigenvalue weighted by Gasteiger charge is 2.74. The molecule has 29 heavy (non-hydrogen) atoms. The second kappa shape index (κ2) is 7.31. The van der Waals surface area contributed by atoms with Gasteiger partial charge in [0.2, 0.25) is 17.7 Å². The van der Waals surface area contributed by atoms with Crippen molar-refractivity contribution in [3.63, 3.8) is 0 Å². The van der Waals surface area contributed by atoms with Gasteiger partial charge in [-0.2, -0.15) is 0 Å². The average Bonchev–Trinajstić information content (AvgIpc) is 3.36. The van der Waals surface area contributed by atoms with Crippen LogP contribution in [0.15, 0.2) is 24.3 Å². The number of amides is 3. The molecular formula is C20H25N3O6. The molecule has 156 valence electrons. The number of carbonyl (C=O) groups excluding carboxylic acids is 3. The predicted molar refractivity (Wildman–Crippen MR) is 102 cm³/mol. The molecule has 3 fully saturated rings. The molecule has 3 aliphatic rings. The smallest absolute Gasteiger partial charge is 0.250 e. The molecule has 3 aliphatic heterocycles. The summed E-state index contributed by atoms with van der Waals surface area (Å²) >= 11 is 0. The summed E-state index contributed by atoms with van der Waals surface area (Å²) < 4.78 is 11.3. The van der Waals surface area contributed by atoms with E-state index < -0.39 is 29.4 Å². The number of likely N-dealkylation sites (tertiary alicyclic amines) is 1. The molecule has 2 bridgehead atoms. The first-order valence-electron chi connectivity index (χ1n) is 9.72. The molecule has 3 N–H and O–H groups in total. The molecule has 0 radical (unpaired) electrons. The van der Waals surface area contributed by atoms with E-state index in [0.29, 0.717) is 24.3 Å². The molecule has 1 aromatic carbocycles. The van der Waals surface area contributed by atoms with Gasteiger partial charge in [0, 0.05) is 19.3 Å². The van der Waals surface area contributed by atoms with E-state index in [2.05, 4.69) is 10.6 Å². The van der Waals surface area contributed by atoms with E-state index in [9.17, 15) is 19.5 Å². The highest BCUT2D eigenvalue weighted by atomic mass is 16.5. The van der Waals surface area contributed by atoms with Gasteiger partial charge in [-0.15, -0.1) is 0 Å². The van der Waals surface area contributed by atoms with Crippen molar-refractivity contribution in [2.75, 3.05) is 32.6 Å². The Bertz CT molecular complexity index is 828. The minimum absolute atomic E-state index is 0.00622. The molecule has 9 nitrogen and oxygen atoms in total. The van der Waals surface area contributed by atoms with Gasteiger partial charge < -0.3 is 30.1 Å². The summed E-state index contributed by atoms with van der Waals surface area (Å²) in [6, 6.07) is 5.95. The van der Waals surface area contributed by atoms with Gasteiger partial charge in [-0.05, 0) is 37.1 Å². The van der Waals surface area contributed by atoms with Crippen LogP contribution in [0.1, 0.15) is 12.8 Å². The first-order valence-corrected chi connectivity index (χ1v) is 9.72. The minimum Gasteiger partial charge on any atom is -0.497 e.